The van der Waals surface area contributed by atoms with Crippen molar-refractivity contribution in [3.05, 3.63) is 35.6 Å². The van der Waals surface area contributed by atoms with Crippen LogP contribution in [0.3, 0.4) is 0 Å². The van der Waals surface area contributed by atoms with Gasteiger partial charge in [0, 0.05) is 23.9 Å². The maximum absolute atomic E-state index is 11.5. The first kappa shape index (κ1) is 18.4. The van der Waals surface area contributed by atoms with Crippen molar-refractivity contribution in [3.63, 3.8) is 0 Å². The summed E-state index contributed by atoms with van der Waals surface area (Å²) in [5.74, 6) is -0.496. The fourth-order valence-corrected chi connectivity index (χ4v) is 2.06. The minimum atomic E-state index is -1.05. The zero-order valence-corrected chi connectivity index (χ0v) is 14.1. The van der Waals surface area contributed by atoms with Crippen molar-refractivity contribution in [1.29, 1.82) is 0 Å². The summed E-state index contributed by atoms with van der Waals surface area (Å²) < 4.78 is 10.3. The largest absolute Gasteiger partial charge is 0.484 e. The molecule has 5 nitrogen and oxygen atoms in total. The molecule has 0 bridgehead atoms. The maximum atomic E-state index is 11.5. The van der Waals surface area contributed by atoms with Gasteiger partial charge in [-0.2, -0.15) is 0 Å². The summed E-state index contributed by atoms with van der Waals surface area (Å²) in [6.07, 6.45) is 2.99. The summed E-state index contributed by atoms with van der Waals surface area (Å²) in [5, 5.41) is 9.42. The van der Waals surface area contributed by atoms with Gasteiger partial charge in [-0.05, 0) is 38.0 Å². The quantitative estimate of drug-likeness (QED) is 0.240. The van der Waals surface area contributed by atoms with E-state index in [1.54, 1.807) is 30.5 Å². The van der Waals surface area contributed by atoms with Gasteiger partial charge in [0.15, 0.2) is 5.75 Å². The SMILES string of the molecule is CCC/C(=C(/OC(C)C)C(=O)O)c1ccc(OOSC)cc1. The first-order valence-corrected chi connectivity index (χ1v) is 8.25. The van der Waals surface area contributed by atoms with Crippen LogP contribution in [-0.2, 0) is 13.9 Å². The van der Waals surface area contributed by atoms with Gasteiger partial charge < -0.3 is 14.7 Å². The van der Waals surface area contributed by atoms with Gasteiger partial charge in [-0.15, -0.1) is 4.33 Å². The van der Waals surface area contributed by atoms with Crippen LogP contribution in [0.5, 0.6) is 5.75 Å². The Morgan fingerprint density at radius 2 is 1.91 bits per heavy atom. The lowest BCUT2D eigenvalue weighted by Gasteiger charge is -2.16. The number of hydrogen-bond donors (Lipinski definition) is 1. The number of allylic oxidation sites excluding steroid dienone is 1. The van der Waals surface area contributed by atoms with Crippen LogP contribution in [0.15, 0.2) is 30.0 Å². The molecule has 1 aromatic carbocycles. The van der Waals surface area contributed by atoms with E-state index in [-0.39, 0.29) is 11.9 Å². The van der Waals surface area contributed by atoms with Crippen molar-refractivity contribution < 1.29 is 23.9 Å². The van der Waals surface area contributed by atoms with E-state index >= 15 is 0 Å². The van der Waals surface area contributed by atoms with Gasteiger partial charge in [-0.25, -0.2) is 4.79 Å². The molecule has 0 atom stereocenters. The van der Waals surface area contributed by atoms with E-state index in [0.717, 1.165) is 24.0 Å². The lowest BCUT2D eigenvalue weighted by molar-refractivity contribution is -0.137. The average molecular weight is 326 g/mol. The van der Waals surface area contributed by atoms with E-state index in [0.29, 0.717) is 17.7 Å². The molecule has 0 aliphatic heterocycles. The molecule has 0 saturated carbocycles. The zero-order valence-electron chi connectivity index (χ0n) is 13.3. The Kier molecular flexibility index (Phi) is 7.84. The first-order chi connectivity index (χ1) is 10.5. The Morgan fingerprint density at radius 3 is 2.36 bits per heavy atom. The molecule has 0 aromatic heterocycles. The van der Waals surface area contributed by atoms with Crippen molar-refractivity contribution in [3.8, 4) is 5.75 Å². The molecular weight excluding hydrogens is 304 g/mol. The second-order valence-electron chi connectivity index (χ2n) is 4.87. The Bertz CT molecular complexity index is 508. The van der Waals surface area contributed by atoms with Crippen LogP contribution in [0.1, 0.15) is 39.2 Å². The van der Waals surface area contributed by atoms with Gasteiger partial charge in [0.2, 0.25) is 5.76 Å². The minimum Gasteiger partial charge on any atom is -0.484 e. The average Bonchev–Trinajstić information content (AvgIpc) is 2.49. The maximum Gasteiger partial charge on any atom is 0.371 e. The first-order valence-electron chi connectivity index (χ1n) is 7.10. The van der Waals surface area contributed by atoms with Gasteiger partial charge >= 0.3 is 5.97 Å². The molecule has 0 aliphatic carbocycles. The highest BCUT2D eigenvalue weighted by Gasteiger charge is 2.18. The molecule has 0 unspecified atom stereocenters. The number of hydrogen-bond acceptors (Lipinski definition) is 5. The molecule has 1 aromatic rings. The van der Waals surface area contributed by atoms with Crippen LogP contribution in [0.4, 0.5) is 0 Å². The van der Waals surface area contributed by atoms with Crippen molar-refractivity contribution in [2.24, 2.45) is 0 Å². The van der Waals surface area contributed by atoms with Gasteiger partial charge in [0.1, 0.15) is 0 Å². The standard InChI is InChI=1S/C16H22O5S/c1-5-6-14(15(16(17)18)19-11(2)3)12-7-9-13(10-8-12)20-21-22-4/h7-11H,5-6H2,1-4H3,(H,17,18)/b15-14-. The molecule has 0 radical (unpaired) electrons. The third kappa shape index (κ3) is 5.61. The molecule has 1 rings (SSSR count). The van der Waals surface area contributed by atoms with Crippen LogP contribution < -0.4 is 4.89 Å². The molecule has 0 spiro atoms. The number of carbonyl (C=O) groups is 1. The minimum absolute atomic E-state index is 0.00545. The fraction of sp³-hybridized carbons (Fsp3) is 0.438. The van der Waals surface area contributed by atoms with Crippen molar-refractivity contribution in [1.82, 2.24) is 0 Å². The Labute approximate surface area is 135 Å². The number of aliphatic carboxylic acids is 1. The van der Waals surface area contributed by atoms with Crippen LogP contribution in [0.25, 0.3) is 5.57 Å². The van der Waals surface area contributed by atoms with Crippen LogP contribution in [0.2, 0.25) is 0 Å². The van der Waals surface area contributed by atoms with Crippen LogP contribution >= 0.6 is 12.0 Å². The van der Waals surface area contributed by atoms with Crippen molar-refractivity contribution in [2.75, 3.05) is 6.26 Å². The number of carboxylic acid groups (broad SMARTS) is 1. The molecule has 0 heterocycles. The van der Waals surface area contributed by atoms with E-state index < -0.39 is 5.97 Å². The number of rotatable bonds is 9. The molecule has 6 heteroatoms. The molecular formula is C16H22O5S. The number of carboxylic acids is 1. The second-order valence-corrected chi connectivity index (χ2v) is 5.34. The summed E-state index contributed by atoms with van der Waals surface area (Å²) in [7, 11) is 0. The van der Waals surface area contributed by atoms with Crippen LogP contribution in [-0.4, -0.2) is 23.4 Å². The monoisotopic (exact) mass is 326 g/mol. The normalized spacial score (nSPS) is 12.0. The van der Waals surface area contributed by atoms with Gasteiger partial charge in [-0.3, -0.25) is 0 Å². The lowest BCUT2D eigenvalue weighted by Crippen LogP contribution is -2.13. The third-order valence-corrected chi connectivity index (χ3v) is 2.93. The lowest BCUT2D eigenvalue weighted by atomic mass is 9.99. The Balaban J connectivity index is 3.14. The predicted octanol–water partition coefficient (Wildman–Crippen LogP) is 4.30. The predicted molar refractivity (Wildman–Crippen MR) is 87.4 cm³/mol. The fourth-order valence-electron chi connectivity index (χ4n) is 1.91. The van der Waals surface area contributed by atoms with E-state index in [1.165, 1.54) is 0 Å². The highest BCUT2D eigenvalue weighted by atomic mass is 32.2. The van der Waals surface area contributed by atoms with Crippen molar-refractivity contribution >= 4 is 23.6 Å². The molecule has 122 valence electrons. The van der Waals surface area contributed by atoms with Crippen molar-refractivity contribution in [2.45, 2.75) is 39.7 Å². The molecule has 1 N–H and O–H groups in total. The van der Waals surface area contributed by atoms with E-state index in [1.807, 2.05) is 20.8 Å². The van der Waals surface area contributed by atoms with E-state index in [9.17, 15) is 9.90 Å². The highest BCUT2D eigenvalue weighted by molar-refractivity contribution is 7.93. The molecule has 0 saturated heterocycles. The molecule has 0 fully saturated rings. The summed E-state index contributed by atoms with van der Waals surface area (Å²) in [6, 6.07) is 7.07. The van der Waals surface area contributed by atoms with Crippen LogP contribution in [0, 0.1) is 0 Å². The molecule has 0 aliphatic rings. The smallest absolute Gasteiger partial charge is 0.371 e. The summed E-state index contributed by atoms with van der Waals surface area (Å²) in [5.41, 5.74) is 1.48. The zero-order chi connectivity index (χ0) is 16.5. The van der Waals surface area contributed by atoms with Gasteiger partial charge in [0.25, 0.3) is 0 Å². The molecule has 0 amide bonds. The number of ether oxygens (including phenoxy) is 1. The Morgan fingerprint density at radius 1 is 1.27 bits per heavy atom. The third-order valence-electron chi connectivity index (χ3n) is 2.72. The molecule has 22 heavy (non-hydrogen) atoms. The summed E-state index contributed by atoms with van der Waals surface area (Å²) in [6.45, 7) is 5.62. The topological polar surface area (TPSA) is 65.0 Å². The van der Waals surface area contributed by atoms with Gasteiger partial charge in [-0.1, -0.05) is 25.5 Å². The van der Waals surface area contributed by atoms with E-state index in [4.69, 9.17) is 14.0 Å². The summed E-state index contributed by atoms with van der Waals surface area (Å²) in [4.78, 5) is 16.5. The second kappa shape index (κ2) is 9.38. The Hall–Kier alpha value is -1.66. The van der Waals surface area contributed by atoms with Gasteiger partial charge in [0.05, 0.1) is 6.10 Å². The number of benzene rings is 1. The summed E-state index contributed by atoms with van der Waals surface area (Å²) >= 11 is 1.10. The highest BCUT2D eigenvalue weighted by Crippen LogP contribution is 2.27. The van der Waals surface area contributed by atoms with E-state index in [2.05, 4.69) is 0 Å².